The van der Waals surface area contributed by atoms with Crippen molar-refractivity contribution in [3.63, 3.8) is 0 Å². The number of aromatic nitrogens is 1. The van der Waals surface area contributed by atoms with E-state index in [2.05, 4.69) is 4.99 Å². The lowest BCUT2D eigenvalue weighted by Gasteiger charge is -2.24. The molecule has 0 spiro atoms. The Morgan fingerprint density at radius 3 is 2.73 bits per heavy atom. The maximum Gasteiger partial charge on any atom is 0.338 e. The predicted molar refractivity (Wildman–Crippen MR) is 150 cm³/mol. The van der Waals surface area contributed by atoms with Crippen LogP contribution in [0.3, 0.4) is 0 Å². The number of rotatable bonds is 7. The van der Waals surface area contributed by atoms with Gasteiger partial charge in [0.05, 0.1) is 28.5 Å². The van der Waals surface area contributed by atoms with Crippen LogP contribution in [0.25, 0.3) is 6.08 Å². The first-order chi connectivity index (χ1) is 19.9. The summed E-state index contributed by atoms with van der Waals surface area (Å²) < 4.78 is 38.4. The average molecular weight is 573 g/mol. The standard InChI is InChI=1S/C31H25FN2O6S/c1-3-37-30(36)27-18(2)33-31-34(28(27)20-12-13-24-25(14-20)40-17-39-24)29(35)26(41-31)15-19-8-5-7-11-23(19)38-16-21-9-4-6-10-22(21)32/h4-15,28H,3,16-17H2,1-2H3/t28-/m1/s1. The van der Waals surface area contributed by atoms with Crippen LogP contribution in [0.2, 0.25) is 0 Å². The fraction of sp³-hybridized carbons (Fsp3) is 0.194. The third-order valence-electron chi connectivity index (χ3n) is 6.78. The molecule has 8 nitrogen and oxygen atoms in total. The minimum Gasteiger partial charge on any atom is -0.488 e. The number of nitrogens with zero attached hydrogens (tertiary/aromatic N) is 2. The summed E-state index contributed by atoms with van der Waals surface area (Å²) in [4.78, 5) is 32.2. The van der Waals surface area contributed by atoms with Crippen molar-refractivity contribution in [3.05, 3.63) is 120 Å². The largest absolute Gasteiger partial charge is 0.488 e. The number of hydrogen-bond donors (Lipinski definition) is 0. The van der Waals surface area contributed by atoms with Gasteiger partial charge in [-0.1, -0.05) is 53.8 Å². The Morgan fingerprint density at radius 1 is 1.12 bits per heavy atom. The fourth-order valence-corrected chi connectivity index (χ4v) is 5.87. The topological polar surface area (TPSA) is 88.4 Å². The van der Waals surface area contributed by atoms with E-state index < -0.39 is 12.0 Å². The van der Waals surface area contributed by atoms with Gasteiger partial charge in [0.2, 0.25) is 6.79 Å². The number of benzene rings is 3. The van der Waals surface area contributed by atoms with Crippen LogP contribution in [-0.2, 0) is 16.1 Å². The highest BCUT2D eigenvalue weighted by molar-refractivity contribution is 7.07. The van der Waals surface area contributed by atoms with Crippen molar-refractivity contribution in [1.82, 2.24) is 4.57 Å². The Labute approximate surface area is 238 Å². The SMILES string of the molecule is CCOC(=O)C1=C(C)N=c2sc(=Cc3ccccc3OCc3ccccc3F)c(=O)n2[C@@H]1c1ccc2c(c1)OCO2. The van der Waals surface area contributed by atoms with E-state index in [1.165, 1.54) is 22.0 Å². The van der Waals surface area contributed by atoms with E-state index in [1.54, 1.807) is 62.4 Å². The van der Waals surface area contributed by atoms with E-state index in [1.807, 2.05) is 18.2 Å². The number of allylic oxidation sites excluding steroid dienone is 1. The van der Waals surface area contributed by atoms with Crippen LogP contribution < -0.4 is 29.1 Å². The fourth-order valence-electron chi connectivity index (χ4n) is 4.83. The van der Waals surface area contributed by atoms with Crippen molar-refractivity contribution < 1.29 is 28.1 Å². The van der Waals surface area contributed by atoms with Crippen molar-refractivity contribution in [1.29, 1.82) is 0 Å². The van der Waals surface area contributed by atoms with Crippen LogP contribution in [0.1, 0.15) is 36.6 Å². The van der Waals surface area contributed by atoms with E-state index in [9.17, 15) is 14.0 Å². The third-order valence-corrected chi connectivity index (χ3v) is 7.76. The number of para-hydroxylation sites is 1. The van der Waals surface area contributed by atoms with Gasteiger partial charge in [0.1, 0.15) is 18.2 Å². The molecule has 0 amide bonds. The van der Waals surface area contributed by atoms with Gasteiger partial charge >= 0.3 is 5.97 Å². The van der Waals surface area contributed by atoms with Gasteiger partial charge in [-0.2, -0.15) is 0 Å². The van der Waals surface area contributed by atoms with E-state index in [-0.39, 0.29) is 37.0 Å². The summed E-state index contributed by atoms with van der Waals surface area (Å²) in [5.41, 5.74) is 2.15. The smallest absolute Gasteiger partial charge is 0.338 e. The van der Waals surface area contributed by atoms with Crippen molar-refractivity contribution in [2.45, 2.75) is 26.5 Å². The van der Waals surface area contributed by atoms with E-state index >= 15 is 0 Å². The molecular weight excluding hydrogens is 547 g/mol. The highest BCUT2D eigenvalue weighted by Gasteiger charge is 2.34. The number of thiazole rings is 1. The van der Waals surface area contributed by atoms with Crippen LogP contribution >= 0.6 is 11.3 Å². The molecule has 208 valence electrons. The first kappa shape index (κ1) is 26.5. The molecule has 0 N–H and O–H groups in total. The zero-order valence-corrected chi connectivity index (χ0v) is 23.1. The van der Waals surface area contributed by atoms with Gasteiger partial charge in [0.15, 0.2) is 16.3 Å². The number of ether oxygens (including phenoxy) is 4. The maximum absolute atomic E-state index is 14.1. The molecule has 0 bridgehead atoms. The van der Waals surface area contributed by atoms with Gasteiger partial charge in [0, 0.05) is 11.1 Å². The third kappa shape index (κ3) is 5.02. The van der Waals surface area contributed by atoms with Crippen LogP contribution in [0, 0.1) is 5.82 Å². The van der Waals surface area contributed by atoms with E-state index in [4.69, 9.17) is 18.9 Å². The minimum atomic E-state index is -0.783. The zero-order valence-electron chi connectivity index (χ0n) is 22.3. The van der Waals surface area contributed by atoms with Gasteiger partial charge in [-0.15, -0.1) is 0 Å². The van der Waals surface area contributed by atoms with E-state index in [0.717, 1.165) is 0 Å². The molecule has 10 heteroatoms. The molecule has 0 aliphatic carbocycles. The lowest BCUT2D eigenvalue weighted by molar-refractivity contribution is -0.139. The molecule has 3 heterocycles. The van der Waals surface area contributed by atoms with Crippen molar-refractivity contribution in [3.8, 4) is 17.2 Å². The minimum absolute atomic E-state index is 0.0327. The Hall–Kier alpha value is -4.70. The molecule has 1 atom stereocenters. The maximum atomic E-state index is 14.1. The van der Waals surface area contributed by atoms with Crippen LogP contribution in [-0.4, -0.2) is 23.9 Å². The molecular formula is C31H25FN2O6S. The summed E-state index contributed by atoms with van der Waals surface area (Å²) in [6, 6.07) is 18.2. The molecule has 3 aromatic carbocycles. The summed E-state index contributed by atoms with van der Waals surface area (Å²) in [5, 5.41) is 0. The molecule has 2 aliphatic rings. The lowest BCUT2D eigenvalue weighted by atomic mass is 9.95. The van der Waals surface area contributed by atoms with Crippen molar-refractivity contribution in [2.24, 2.45) is 4.99 Å². The Balaban J connectivity index is 1.45. The number of esters is 1. The van der Waals surface area contributed by atoms with Crippen LogP contribution in [0.4, 0.5) is 4.39 Å². The number of hydrogen-bond acceptors (Lipinski definition) is 8. The monoisotopic (exact) mass is 572 g/mol. The van der Waals surface area contributed by atoms with Gasteiger partial charge < -0.3 is 18.9 Å². The predicted octanol–water partition coefficient (Wildman–Crippen LogP) is 4.25. The highest BCUT2D eigenvalue weighted by Crippen LogP contribution is 2.38. The molecule has 6 rings (SSSR count). The number of carbonyl (C=O) groups excluding carboxylic acids is 1. The quantitative estimate of drug-likeness (QED) is 0.308. The second-order valence-corrected chi connectivity index (χ2v) is 10.3. The summed E-state index contributed by atoms with van der Waals surface area (Å²) in [5.74, 6) is 0.722. The van der Waals surface area contributed by atoms with E-state index in [0.29, 0.717) is 49.0 Å². The molecule has 0 fully saturated rings. The van der Waals surface area contributed by atoms with Gasteiger partial charge in [0.25, 0.3) is 5.56 Å². The average Bonchev–Trinajstić information content (AvgIpc) is 3.56. The highest BCUT2D eigenvalue weighted by atomic mass is 32.1. The summed E-state index contributed by atoms with van der Waals surface area (Å²) in [7, 11) is 0. The molecule has 0 saturated carbocycles. The van der Waals surface area contributed by atoms with Crippen molar-refractivity contribution >= 4 is 23.4 Å². The second-order valence-electron chi connectivity index (χ2n) is 9.33. The Bertz CT molecular complexity index is 1880. The van der Waals surface area contributed by atoms with Crippen LogP contribution in [0.15, 0.2) is 87.8 Å². The lowest BCUT2D eigenvalue weighted by Crippen LogP contribution is -2.39. The number of carbonyl (C=O) groups is 1. The molecule has 4 aromatic rings. The number of fused-ring (bicyclic) bond motifs is 2. The number of halogens is 1. The molecule has 1 aromatic heterocycles. The second kappa shape index (κ2) is 11.1. The zero-order chi connectivity index (χ0) is 28.5. The van der Waals surface area contributed by atoms with Crippen LogP contribution in [0.5, 0.6) is 17.2 Å². The van der Waals surface area contributed by atoms with Crippen molar-refractivity contribution in [2.75, 3.05) is 13.4 Å². The molecule has 0 radical (unpaired) electrons. The summed E-state index contributed by atoms with van der Waals surface area (Å²) in [6.07, 6.45) is 1.72. The summed E-state index contributed by atoms with van der Waals surface area (Å²) >= 11 is 1.21. The Kier molecular flexibility index (Phi) is 7.15. The normalized spacial score (nSPS) is 15.9. The van der Waals surface area contributed by atoms with Gasteiger partial charge in [-0.3, -0.25) is 9.36 Å². The Morgan fingerprint density at radius 2 is 1.90 bits per heavy atom. The summed E-state index contributed by atoms with van der Waals surface area (Å²) in [6.45, 7) is 3.77. The molecule has 41 heavy (non-hydrogen) atoms. The molecule has 0 saturated heterocycles. The first-order valence-electron chi connectivity index (χ1n) is 13.0. The molecule has 2 aliphatic heterocycles. The first-order valence-corrected chi connectivity index (χ1v) is 13.8. The molecule has 0 unspecified atom stereocenters. The van der Waals surface area contributed by atoms with Gasteiger partial charge in [-0.05, 0) is 49.8 Å². The van der Waals surface area contributed by atoms with Gasteiger partial charge in [-0.25, -0.2) is 14.2 Å².